The molecule has 2 amide bonds. The van der Waals surface area contributed by atoms with Crippen molar-refractivity contribution in [2.24, 2.45) is 5.41 Å². The zero-order valence-electron chi connectivity index (χ0n) is 20.3. The Kier molecular flexibility index (Phi) is 6.88. The molecule has 184 valence electrons. The average molecular weight is 489 g/mol. The van der Waals surface area contributed by atoms with Gasteiger partial charge in [-0.3, -0.25) is 19.6 Å². The van der Waals surface area contributed by atoms with Crippen molar-refractivity contribution in [1.82, 2.24) is 15.3 Å². The highest BCUT2D eigenvalue weighted by molar-refractivity contribution is 6.03. The Bertz CT molecular complexity index is 1370. The molecule has 0 bridgehead atoms. The summed E-state index contributed by atoms with van der Waals surface area (Å²) < 4.78 is 24.8. The smallest absolute Gasteiger partial charge is 0.270 e. The number of nitrogens with zero attached hydrogens (tertiary/aromatic N) is 3. The number of anilines is 1. The van der Waals surface area contributed by atoms with Gasteiger partial charge in [0.2, 0.25) is 0 Å². The number of amides is 2. The van der Waals surface area contributed by atoms with Crippen molar-refractivity contribution < 1.29 is 23.5 Å². The van der Waals surface area contributed by atoms with Gasteiger partial charge < -0.3 is 19.7 Å². The first kappa shape index (κ1) is 24.7. The molecule has 36 heavy (non-hydrogen) atoms. The average Bonchev–Trinajstić information content (AvgIpc) is 2.94. The summed E-state index contributed by atoms with van der Waals surface area (Å²) >= 11 is 0. The van der Waals surface area contributed by atoms with E-state index in [1.54, 1.807) is 19.2 Å². The van der Waals surface area contributed by atoms with Crippen molar-refractivity contribution in [3.05, 3.63) is 72.1 Å². The summed E-state index contributed by atoms with van der Waals surface area (Å²) in [6, 6.07) is 8.52. The number of halogens is 1. The van der Waals surface area contributed by atoms with E-state index in [0.29, 0.717) is 11.4 Å². The number of aromatic nitrogens is 2. The lowest BCUT2D eigenvalue weighted by atomic mass is 9.97. The van der Waals surface area contributed by atoms with E-state index in [9.17, 15) is 14.0 Å². The molecular weight excluding hydrogens is 463 g/mol. The molecule has 0 saturated heterocycles. The molecule has 3 heterocycles. The Morgan fingerprint density at radius 2 is 2.00 bits per heavy atom. The Labute approximate surface area is 208 Å². The highest BCUT2D eigenvalue weighted by atomic mass is 19.1. The van der Waals surface area contributed by atoms with E-state index >= 15 is 0 Å². The number of fused-ring (bicyclic) bond motifs is 1. The summed E-state index contributed by atoms with van der Waals surface area (Å²) in [6.45, 7) is 6.00. The van der Waals surface area contributed by atoms with E-state index in [-0.39, 0.29) is 35.1 Å². The van der Waals surface area contributed by atoms with Gasteiger partial charge in [-0.05, 0) is 45.0 Å². The van der Waals surface area contributed by atoms with Crippen molar-refractivity contribution in [3.63, 3.8) is 0 Å². The van der Waals surface area contributed by atoms with Gasteiger partial charge in [-0.25, -0.2) is 4.39 Å². The summed E-state index contributed by atoms with van der Waals surface area (Å²) in [7, 11) is 1.62. The second kappa shape index (κ2) is 10.0. The molecule has 1 unspecified atom stereocenters. The van der Waals surface area contributed by atoms with Crippen LogP contribution in [0.5, 0.6) is 17.2 Å². The van der Waals surface area contributed by atoms with E-state index in [4.69, 9.17) is 9.47 Å². The maximum absolute atomic E-state index is 13.4. The Hall–Kier alpha value is -4.45. The summed E-state index contributed by atoms with van der Waals surface area (Å²) in [6.07, 6.45) is 3.78. The quantitative estimate of drug-likeness (QED) is 0.559. The van der Waals surface area contributed by atoms with Crippen LogP contribution in [0.1, 0.15) is 36.8 Å². The largest absolute Gasteiger partial charge is 0.489 e. The van der Waals surface area contributed by atoms with Gasteiger partial charge in [-0.2, -0.15) is 0 Å². The number of pyridine rings is 2. The lowest BCUT2D eigenvalue weighted by Gasteiger charge is -2.20. The minimum Gasteiger partial charge on any atom is -0.489 e. The van der Waals surface area contributed by atoms with Crippen LogP contribution in [-0.2, 0) is 4.79 Å². The van der Waals surface area contributed by atoms with Crippen LogP contribution in [0.25, 0.3) is 0 Å². The fraction of sp³-hybridized carbons (Fsp3) is 0.259. The molecule has 8 nitrogen and oxygen atoms in total. The Morgan fingerprint density at radius 3 is 2.75 bits per heavy atom. The first-order valence-corrected chi connectivity index (χ1v) is 11.2. The summed E-state index contributed by atoms with van der Waals surface area (Å²) in [5, 5.41) is 2.68. The first-order valence-electron chi connectivity index (χ1n) is 11.2. The van der Waals surface area contributed by atoms with Gasteiger partial charge in [0, 0.05) is 36.4 Å². The molecule has 1 N–H and O–H groups in total. The summed E-state index contributed by atoms with van der Waals surface area (Å²) in [5.41, 5.74) is 1.18. The molecule has 2 aromatic heterocycles. The molecule has 4 rings (SSSR count). The van der Waals surface area contributed by atoms with E-state index in [2.05, 4.69) is 27.1 Å². The number of hydrogen-bond acceptors (Lipinski definition) is 6. The fourth-order valence-corrected chi connectivity index (χ4v) is 3.35. The van der Waals surface area contributed by atoms with Gasteiger partial charge in [0.1, 0.15) is 41.4 Å². The minimum absolute atomic E-state index is 0.0221. The van der Waals surface area contributed by atoms with E-state index < -0.39 is 17.8 Å². The highest BCUT2D eigenvalue weighted by Gasteiger charge is 2.31. The number of nitrogens with one attached hydrogen (secondary N) is 1. The molecule has 0 spiro atoms. The zero-order valence-corrected chi connectivity index (χ0v) is 20.3. The molecule has 0 radical (unpaired) electrons. The number of likely N-dealkylation sites (N-methyl/N-ethyl adjacent to an activating group) is 1. The molecule has 1 atom stereocenters. The molecular formula is C27H25FN4O4. The van der Waals surface area contributed by atoms with Gasteiger partial charge >= 0.3 is 0 Å². The molecule has 0 saturated carbocycles. The monoisotopic (exact) mass is 488 g/mol. The number of ether oxygens (including phenoxy) is 2. The van der Waals surface area contributed by atoms with E-state index in [0.717, 1.165) is 11.8 Å². The van der Waals surface area contributed by atoms with Crippen LogP contribution < -0.4 is 19.7 Å². The Morgan fingerprint density at radius 1 is 1.19 bits per heavy atom. The minimum atomic E-state index is -0.946. The van der Waals surface area contributed by atoms with Crippen LogP contribution >= 0.6 is 0 Å². The molecule has 0 fully saturated rings. The Balaban J connectivity index is 1.48. The van der Waals surface area contributed by atoms with Crippen LogP contribution in [0.2, 0.25) is 0 Å². The number of rotatable bonds is 4. The fourth-order valence-electron chi connectivity index (χ4n) is 3.35. The molecule has 3 aromatic rings. The number of carbonyl (C=O) groups excluding carboxylic acids is 2. The second-order valence-electron chi connectivity index (χ2n) is 9.23. The maximum Gasteiger partial charge on any atom is 0.270 e. The van der Waals surface area contributed by atoms with Gasteiger partial charge in [0.25, 0.3) is 11.8 Å². The second-order valence-corrected chi connectivity index (χ2v) is 9.23. The van der Waals surface area contributed by atoms with Crippen molar-refractivity contribution in [2.45, 2.75) is 26.8 Å². The molecule has 9 heteroatoms. The van der Waals surface area contributed by atoms with Gasteiger partial charge in [0.15, 0.2) is 0 Å². The van der Waals surface area contributed by atoms with E-state index in [1.807, 2.05) is 26.8 Å². The van der Waals surface area contributed by atoms with Crippen LogP contribution in [-0.4, -0.2) is 41.5 Å². The molecule has 1 aliphatic rings. The van der Waals surface area contributed by atoms with Crippen molar-refractivity contribution in [2.75, 3.05) is 18.6 Å². The number of benzene rings is 1. The standard InChI is InChI=1S/C27H25FN4O4/c1-27(2,3)9-7-17-5-6-24-23(11-17)32(4)26(34)22(16-35-24)31-25(33)21-13-19(8-10-30-21)36-20-12-18(28)14-29-15-20/h5-6,8,10-15,22H,16H2,1-4H3,(H,31,33). The molecule has 1 aliphatic heterocycles. The van der Waals surface area contributed by atoms with Crippen LogP contribution in [0, 0.1) is 23.1 Å². The normalized spacial score (nSPS) is 15.1. The SMILES string of the molecule is CN1C(=O)C(NC(=O)c2cc(Oc3cncc(F)c3)ccn2)COc2ccc(C#CC(C)(C)C)cc21. The summed E-state index contributed by atoms with van der Waals surface area (Å²) in [5.74, 6) is 5.76. The van der Waals surface area contributed by atoms with Crippen LogP contribution in [0.15, 0.2) is 55.0 Å². The van der Waals surface area contributed by atoms with Crippen LogP contribution in [0.3, 0.4) is 0 Å². The van der Waals surface area contributed by atoms with E-state index in [1.165, 1.54) is 35.5 Å². The third-order valence-electron chi connectivity index (χ3n) is 5.12. The first-order chi connectivity index (χ1) is 17.1. The topological polar surface area (TPSA) is 93.7 Å². The zero-order chi connectivity index (χ0) is 25.9. The predicted molar refractivity (Wildman–Crippen MR) is 131 cm³/mol. The third-order valence-corrected chi connectivity index (χ3v) is 5.12. The molecule has 1 aromatic carbocycles. The van der Waals surface area contributed by atoms with Crippen LogP contribution in [0.4, 0.5) is 10.1 Å². The van der Waals surface area contributed by atoms with Crippen molar-refractivity contribution >= 4 is 17.5 Å². The maximum atomic E-state index is 13.4. The van der Waals surface area contributed by atoms with Gasteiger partial charge in [-0.15, -0.1) is 0 Å². The lowest BCUT2D eigenvalue weighted by Crippen LogP contribution is -2.49. The number of hydrogen-bond donors (Lipinski definition) is 1. The molecule has 0 aliphatic carbocycles. The van der Waals surface area contributed by atoms with Gasteiger partial charge in [-0.1, -0.05) is 11.8 Å². The summed E-state index contributed by atoms with van der Waals surface area (Å²) in [4.78, 5) is 35.3. The lowest BCUT2D eigenvalue weighted by molar-refractivity contribution is -0.120. The highest BCUT2D eigenvalue weighted by Crippen LogP contribution is 2.31. The predicted octanol–water partition coefficient (Wildman–Crippen LogP) is 3.96. The third kappa shape index (κ3) is 5.96. The van der Waals surface area contributed by atoms with Crippen molar-refractivity contribution in [3.8, 4) is 29.1 Å². The number of carbonyl (C=O) groups is 2. The van der Waals surface area contributed by atoms with Crippen molar-refractivity contribution in [1.29, 1.82) is 0 Å². The van der Waals surface area contributed by atoms with Gasteiger partial charge in [0.05, 0.1) is 18.1 Å².